The van der Waals surface area contributed by atoms with E-state index < -0.39 is 0 Å². The number of allylic oxidation sites excluding steroid dienone is 5. The van der Waals surface area contributed by atoms with Gasteiger partial charge in [0.25, 0.3) is 0 Å². The van der Waals surface area contributed by atoms with Crippen molar-refractivity contribution >= 4 is 0 Å². The molecule has 14 heavy (non-hydrogen) atoms. The van der Waals surface area contributed by atoms with E-state index in [2.05, 4.69) is 58.6 Å². The number of hydrogen-bond acceptors (Lipinski definition) is 0. The third-order valence-corrected chi connectivity index (χ3v) is 3.21. The molecule has 0 heteroatoms. The lowest BCUT2D eigenvalue weighted by molar-refractivity contribution is 0.229. The second kappa shape index (κ2) is 4.16. The van der Waals surface area contributed by atoms with Crippen molar-refractivity contribution in [2.24, 2.45) is 17.3 Å². The predicted molar refractivity (Wildman–Crippen MR) is 64.1 cm³/mol. The number of hydrogen-bond donors (Lipinski definition) is 0. The van der Waals surface area contributed by atoms with E-state index in [-0.39, 0.29) is 5.41 Å². The standard InChI is InChI=1S/C14H22/c1-11(2)10-13-12(3)8-6-7-9-14(13,4)5/h6-9,12-13H,1,10H2,2-5H3. The first-order chi connectivity index (χ1) is 6.43. The van der Waals surface area contributed by atoms with E-state index in [1.807, 2.05) is 0 Å². The average Bonchev–Trinajstić information content (AvgIpc) is 2.16. The van der Waals surface area contributed by atoms with E-state index in [0.717, 1.165) is 6.42 Å². The van der Waals surface area contributed by atoms with E-state index in [0.29, 0.717) is 11.8 Å². The summed E-state index contributed by atoms with van der Waals surface area (Å²) in [6.45, 7) is 13.1. The van der Waals surface area contributed by atoms with Crippen molar-refractivity contribution in [3.8, 4) is 0 Å². The molecule has 2 atom stereocenters. The molecule has 0 radical (unpaired) electrons. The molecule has 0 heterocycles. The molecule has 0 aromatic carbocycles. The molecular weight excluding hydrogens is 168 g/mol. The molecule has 0 aliphatic heterocycles. The van der Waals surface area contributed by atoms with E-state index in [1.165, 1.54) is 5.57 Å². The molecule has 2 unspecified atom stereocenters. The highest BCUT2D eigenvalue weighted by atomic mass is 14.3. The van der Waals surface area contributed by atoms with Crippen molar-refractivity contribution in [2.45, 2.75) is 34.1 Å². The lowest BCUT2D eigenvalue weighted by Gasteiger charge is -2.34. The van der Waals surface area contributed by atoms with Crippen LogP contribution in [-0.2, 0) is 0 Å². The van der Waals surface area contributed by atoms with E-state index in [9.17, 15) is 0 Å². The summed E-state index contributed by atoms with van der Waals surface area (Å²) < 4.78 is 0. The van der Waals surface area contributed by atoms with Gasteiger partial charge in [-0.3, -0.25) is 0 Å². The fraction of sp³-hybridized carbons (Fsp3) is 0.571. The van der Waals surface area contributed by atoms with Gasteiger partial charge in [0, 0.05) is 0 Å². The Morgan fingerprint density at radius 2 is 2.00 bits per heavy atom. The first kappa shape index (κ1) is 11.3. The van der Waals surface area contributed by atoms with Crippen molar-refractivity contribution in [3.63, 3.8) is 0 Å². The molecule has 78 valence electrons. The van der Waals surface area contributed by atoms with Crippen molar-refractivity contribution in [1.29, 1.82) is 0 Å². The summed E-state index contributed by atoms with van der Waals surface area (Å²) in [5.74, 6) is 1.31. The first-order valence-electron chi connectivity index (χ1n) is 5.44. The zero-order chi connectivity index (χ0) is 10.8. The van der Waals surface area contributed by atoms with Crippen LogP contribution in [0.2, 0.25) is 0 Å². The van der Waals surface area contributed by atoms with Gasteiger partial charge >= 0.3 is 0 Å². The topological polar surface area (TPSA) is 0 Å². The van der Waals surface area contributed by atoms with Gasteiger partial charge in [-0.2, -0.15) is 0 Å². The minimum Gasteiger partial charge on any atom is -0.100 e. The summed E-state index contributed by atoms with van der Waals surface area (Å²) >= 11 is 0. The summed E-state index contributed by atoms with van der Waals surface area (Å²) in [4.78, 5) is 0. The second-order valence-electron chi connectivity index (χ2n) is 5.19. The minimum atomic E-state index is 0.280. The van der Waals surface area contributed by atoms with Crippen LogP contribution in [0.5, 0.6) is 0 Å². The van der Waals surface area contributed by atoms with Gasteiger partial charge in [-0.1, -0.05) is 50.6 Å². The van der Waals surface area contributed by atoms with Gasteiger partial charge in [0.1, 0.15) is 0 Å². The average molecular weight is 190 g/mol. The van der Waals surface area contributed by atoms with Crippen LogP contribution in [0.4, 0.5) is 0 Å². The smallest absolute Gasteiger partial charge is 0.0135 e. The Bertz CT molecular complexity index is 266. The molecule has 0 amide bonds. The zero-order valence-electron chi connectivity index (χ0n) is 9.88. The van der Waals surface area contributed by atoms with E-state index in [4.69, 9.17) is 0 Å². The molecule has 0 bridgehead atoms. The van der Waals surface area contributed by atoms with Crippen molar-refractivity contribution in [1.82, 2.24) is 0 Å². The maximum Gasteiger partial charge on any atom is -0.0135 e. The molecule has 0 fully saturated rings. The highest BCUT2D eigenvalue weighted by Gasteiger charge is 2.30. The van der Waals surface area contributed by atoms with Crippen molar-refractivity contribution < 1.29 is 0 Å². The third-order valence-electron chi connectivity index (χ3n) is 3.21. The highest BCUT2D eigenvalue weighted by molar-refractivity contribution is 5.16. The highest BCUT2D eigenvalue weighted by Crippen LogP contribution is 2.40. The predicted octanol–water partition coefficient (Wildman–Crippen LogP) is 4.36. The molecule has 0 N–H and O–H groups in total. The van der Waals surface area contributed by atoms with Crippen LogP contribution < -0.4 is 0 Å². The van der Waals surface area contributed by atoms with Gasteiger partial charge in [0.15, 0.2) is 0 Å². The van der Waals surface area contributed by atoms with E-state index >= 15 is 0 Å². The maximum absolute atomic E-state index is 4.03. The molecule has 0 spiro atoms. The van der Waals surface area contributed by atoms with Gasteiger partial charge in [-0.25, -0.2) is 0 Å². The van der Waals surface area contributed by atoms with Gasteiger partial charge in [0.05, 0.1) is 0 Å². The van der Waals surface area contributed by atoms with Gasteiger partial charge < -0.3 is 0 Å². The number of rotatable bonds is 2. The zero-order valence-corrected chi connectivity index (χ0v) is 9.88. The molecule has 0 aromatic rings. The van der Waals surface area contributed by atoms with Crippen LogP contribution in [0.25, 0.3) is 0 Å². The molecule has 1 rings (SSSR count). The summed E-state index contributed by atoms with van der Waals surface area (Å²) in [5, 5.41) is 0. The molecule has 0 aromatic heterocycles. The molecule has 0 saturated heterocycles. The molecule has 1 aliphatic rings. The third kappa shape index (κ3) is 2.60. The maximum atomic E-state index is 4.03. The quantitative estimate of drug-likeness (QED) is 0.568. The summed E-state index contributed by atoms with van der Waals surface area (Å²) in [6.07, 6.45) is 10.1. The summed E-state index contributed by atoms with van der Waals surface area (Å²) in [5.41, 5.74) is 1.57. The Morgan fingerprint density at radius 3 is 2.57 bits per heavy atom. The Balaban J connectivity index is 2.89. The molecular formula is C14H22. The molecule has 1 aliphatic carbocycles. The van der Waals surface area contributed by atoms with Gasteiger partial charge in [0.2, 0.25) is 0 Å². The van der Waals surface area contributed by atoms with Gasteiger partial charge in [-0.05, 0) is 30.6 Å². The fourth-order valence-electron chi connectivity index (χ4n) is 2.30. The van der Waals surface area contributed by atoms with Gasteiger partial charge in [-0.15, -0.1) is 6.58 Å². The van der Waals surface area contributed by atoms with Crippen LogP contribution in [0.3, 0.4) is 0 Å². The monoisotopic (exact) mass is 190 g/mol. The van der Waals surface area contributed by atoms with Crippen molar-refractivity contribution in [2.75, 3.05) is 0 Å². The SMILES string of the molecule is C=C(C)CC1C(C)C=CC=CC1(C)C. The van der Waals surface area contributed by atoms with Crippen LogP contribution in [-0.4, -0.2) is 0 Å². The van der Waals surface area contributed by atoms with Crippen LogP contribution in [0, 0.1) is 17.3 Å². The second-order valence-corrected chi connectivity index (χ2v) is 5.19. The normalized spacial score (nSPS) is 30.0. The molecule has 0 nitrogen and oxygen atoms in total. The Labute approximate surface area is 88.4 Å². The summed E-state index contributed by atoms with van der Waals surface area (Å²) in [6, 6.07) is 0. The largest absolute Gasteiger partial charge is 0.100 e. The fourth-order valence-corrected chi connectivity index (χ4v) is 2.30. The van der Waals surface area contributed by atoms with Crippen LogP contribution in [0.1, 0.15) is 34.1 Å². The first-order valence-corrected chi connectivity index (χ1v) is 5.44. The lowest BCUT2D eigenvalue weighted by atomic mass is 9.70. The molecule has 0 saturated carbocycles. The Hall–Kier alpha value is -0.780. The van der Waals surface area contributed by atoms with E-state index in [1.54, 1.807) is 0 Å². The van der Waals surface area contributed by atoms with Crippen LogP contribution >= 0.6 is 0 Å². The van der Waals surface area contributed by atoms with Crippen molar-refractivity contribution in [3.05, 3.63) is 36.5 Å². The Morgan fingerprint density at radius 1 is 1.36 bits per heavy atom. The van der Waals surface area contributed by atoms with Crippen LogP contribution in [0.15, 0.2) is 36.5 Å². The Kier molecular flexibility index (Phi) is 3.36. The summed E-state index contributed by atoms with van der Waals surface area (Å²) in [7, 11) is 0. The lowest BCUT2D eigenvalue weighted by Crippen LogP contribution is -2.26. The minimum absolute atomic E-state index is 0.280.